The molecule has 0 aromatic carbocycles. The van der Waals surface area contributed by atoms with Crippen molar-refractivity contribution in [3.63, 3.8) is 0 Å². The third-order valence-electron chi connectivity index (χ3n) is 14.2. The third kappa shape index (κ3) is 65.1. The number of unbranched alkanes of at least 4 members (excludes halogenated alkanes) is 26. The fraction of sp³-hybridized carbons (Fsp3) is 0.689. The number of hydrogen-bond donors (Lipinski definition) is 1. The maximum Gasteiger partial charge on any atom is 0.361 e. The highest BCUT2D eigenvalue weighted by Gasteiger charge is 2.25. The Morgan fingerprint density at radius 3 is 0.976 bits per heavy atom. The summed E-state index contributed by atoms with van der Waals surface area (Å²) in [6, 6.07) is 0. The highest BCUT2D eigenvalue weighted by molar-refractivity contribution is 5.71. The van der Waals surface area contributed by atoms with Crippen LogP contribution in [0.3, 0.4) is 0 Å². The van der Waals surface area contributed by atoms with E-state index in [0.29, 0.717) is 23.9 Å². The van der Waals surface area contributed by atoms with Gasteiger partial charge >= 0.3 is 17.9 Å². The van der Waals surface area contributed by atoms with Crippen molar-refractivity contribution in [3.05, 3.63) is 122 Å². The molecular weight excluding hydrogens is 1030 g/mol. The fourth-order valence-corrected chi connectivity index (χ4v) is 9.13. The van der Waals surface area contributed by atoms with Gasteiger partial charge in [-0.25, -0.2) is 4.79 Å². The molecule has 9 nitrogen and oxygen atoms in total. The summed E-state index contributed by atoms with van der Waals surface area (Å²) in [7, 11) is 5.96. The standard InChI is InChI=1S/C74H125NO8/c1-6-8-10-12-14-16-18-20-22-24-26-27-28-29-30-31-32-33-34-35-36-37-38-39-40-41-42-43-44-45-47-49-51-53-55-57-59-61-63-65-72(77)83-70(69-82-74(73(78)79)80-67-66-75(3,4)5)68-81-71(76)64-62-60-58-56-54-52-50-48-46-25-23-21-19-17-15-13-11-9-7-2/h8-11,14-17,20-23,26-27,29-30,46,48,52,54,70,74H,6-7,12-13,18-19,24-25,28,31-45,47,49-51,53,55-69H2,1-5H3/p+1/b10-8-,11-9-,16-14-,17-15-,22-20-,23-21-,27-26-,30-29-,48-46-,54-52-. The highest BCUT2D eigenvalue weighted by atomic mass is 16.7. The molecule has 0 saturated carbocycles. The number of hydrogen-bond acceptors (Lipinski definition) is 7. The van der Waals surface area contributed by atoms with Crippen LogP contribution in [0.4, 0.5) is 0 Å². The maximum absolute atomic E-state index is 12.9. The van der Waals surface area contributed by atoms with Gasteiger partial charge in [0, 0.05) is 12.8 Å². The monoisotopic (exact) mass is 1160 g/mol. The van der Waals surface area contributed by atoms with Gasteiger partial charge in [0.2, 0.25) is 0 Å². The van der Waals surface area contributed by atoms with Gasteiger partial charge in [0.05, 0.1) is 34.4 Å². The van der Waals surface area contributed by atoms with Crippen LogP contribution in [0.2, 0.25) is 0 Å². The number of allylic oxidation sites excluding steroid dienone is 20. The molecule has 0 aromatic rings. The van der Waals surface area contributed by atoms with Crippen LogP contribution in [0, 0.1) is 0 Å². The van der Waals surface area contributed by atoms with Gasteiger partial charge in [-0.05, 0) is 103 Å². The topological polar surface area (TPSA) is 108 Å². The molecule has 0 aliphatic carbocycles. The van der Waals surface area contributed by atoms with E-state index in [1.807, 2.05) is 21.1 Å². The van der Waals surface area contributed by atoms with Crippen LogP contribution in [-0.4, -0.2) is 87.4 Å². The number of nitrogens with zero attached hydrogens (tertiary/aromatic N) is 1. The van der Waals surface area contributed by atoms with Crippen LogP contribution >= 0.6 is 0 Å². The number of carboxylic acid groups (broad SMARTS) is 1. The number of likely N-dealkylation sites (N-methyl/N-ethyl adjacent to an activating group) is 1. The van der Waals surface area contributed by atoms with Crippen molar-refractivity contribution in [2.45, 2.75) is 283 Å². The number of rotatable bonds is 61. The zero-order valence-corrected chi connectivity index (χ0v) is 54.1. The first-order chi connectivity index (χ1) is 40.6. The van der Waals surface area contributed by atoms with Gasteiger partial charge in [0.1, 0.15) is 13.2 Å². The molecule has 0 aromatic heterocycles. The van der Waals surface area contributed by atoms with Gasteiger partial charge in [0.25, 0.3) is 6.29 Å². The Kier molecular flexibility index (Phi) is 60.4. The van der Waals surface area contributed by atoms with Crippen molar-refractivity contribution in [1.82, 2.24) is 0 Å². The predicted octanol–water partition coefficient (Wildman–Crippen LogP) is 20.8. The van der Waals surface area contributed by atoms with Crippen molar-refractivity contribution < 1.29 is 42.9 Å². The largest absolute Gasteiger partial charge is 0.477 e. The van der Waals surface area contributed by atoms with E-state index in [1.165, 1.54) is 135 Å². The summed E-state index contributed by atoms with van der Waals surface area (Å²) in [6.07, 6.45) is 87.5. The summed E-state index contributed by atoms with van der Waals surface area (Å²) < 4.78 is 22.9. The molecule has 0 heterocycles. The van der Waals surface area contributed by atoms with Crippen LogP contribution in [0.5, 0.6) is 0 Å². The summed E-state index contributed by atoms with van der Waals surface area (Å²) in [4.78, 5) is 37.5. The number of aliphatic carboxylic acids is 1. The Morgan fingerprint density at radius 1 is 0.361 bits per heavy atom. The first-order valence-corrected chi connectivity index (χ1v) is 33.7. The minimum absolute atomic E-state index is 0.178. The second kappa shape index (κ2) is 63.7. The van der Waals surface area contributed by atoms with E-state index in [0.717, 1.165) is 96.3 Å². The van der Waals surface area contributed by atoms with E-state index in [4.69, 9.17) is 18.9 Å². The molecule has 0 aliphatic rings. The van der Waals surface area contributed by atoms with Gasteiger partial charge in [-0.2, -0.15) is 0 Å². The molecule has 1 N–H and O–H groups in total. The minimum atomic E-state index is -1.52. The molecule has 83 heavy (non-hydrogen) atoms. The van der Waals surface area contributed by atoms with Crippen LogP contribution in [0.15, 0.2) is 122 Å². The van der Waals surface area contributed by atoms with Crippen molar-refractivity contribution in [2.75, 3.05) is 47.5 Å². The van der Waals surface area contributed by atoms with Gasteiger partial charge in [-0.15, -0.1) is 0 Å². The Labute approximate surface area is 510 Å². The molecule has 0 aliphatic heterocycles. The Hall–Kier alpha value is -4.31. The maximum atomic E-state index is 12.9. The van der Waals surface area contributed by atoms with Crippen LogP contribution < -0.4 is 0 Å². The molecule has 0 fully saturated rings. The van der Waals surface area contributed by atoms with Crippen molar-refractivity contribution >= 4 is 17.9 Å². The molecule has 9 heteroatoms. The number of quaternary nitrogens is 1. The lowest BCUT2D eigenvalue weighted by molar-refractivity contribution is -0.870. The SMILES string of the molecule is CC/C=C\C/C=C\C/C=C\C/C=C\C/C=C\CCCCCCCCCCCCCCCCCCCCCCCCCC(=O)OC(COC(=O)CCCCC/C=C\C/C=C\C/C=C\C/C=C\C/C=C\CC)COC(OCC[N+](C)(C)C)C(=O)O. The Balaban J connectivity index is 4.06. The van der Waals surface area contributed by atoms with E-state index in [9.17, 15) is 19.5 Å². The van der Waals surface area contributed by atoms with Gasteiger partial charge in [-0.1, -0.05) is 277 Å². The Morgan fingerprint density at radius 2 is 0.651 bits per heavy atom. The smallest absolute Gasteiger partial charge is 0.361 e. The van der Waals surface area contributed by atoms with Crippen LogP contribution in [0.1, 0.15) is 271 Å². The molecule has 0 spiro atoms. The average molecular weight is 1160 g/mol. The van der Waals surface area contributed by atoms with Gasteiger partial charge in [0.15, 0.2) is 6.10 Å². The normalized spacial score (nSPS) is 13.5. The number of carboxylic acids is 1. The quantitative estimate of drug-likeness (QED) is 0.0211. The summed E-state index contributed by atoms with van der Waals surface area (Å²) in [5.74, 6) is -2.05. The van der Waals surface area contributed by atoms with Crippen LogP contribution in [-0.2, 0) is 33.3 Å². The molecule has 0 rings (SSSR count). The number of carbonyl (C=O) groups is 3. The average Bonchev–Trinajstić information content (AvgIpc) is 3.46. The number of esters is 2. The number of carbonyl (C=O) groups excluding carboxylic acids is 2. The first-order valence-electron chi connectivity index (χ1n) is 33.7. The molecule has 2 unspecified atom stereocenters. The van der Waals surface area contributed by atoms with Gasteiger partial charge < -0.3 is 28.5 Å². The molecule has 474 valence electrons. The number of ether oxygens (including phenoxy) is 4. The van der Waals surface area contributed by atoms with E-state index in [2.05, 4.69) is 135 Å². The molecule has 0 saturated heterocycles. The van der Waals surface area contributed by atoms with Crippen molar-refractivity contribution in [3.8, 4) is 0 Å². The molecular formula is C74H126NO8+. The van der Waals surface area contributed by atoms with Gasteiger partial charge in [-0.3, -0.25) is 9.59 Å². The van der Waals surface area contributed by atoms with Crippen LogP contribution in [0.25, 0.3) is 0 Å². The lowest BCUT2D eigenvalue weighted by atomic mass is 10.0. The second-order valence-electron chi connectivity index (χ2n) is 23.4. The zero-order valence-electron chi connectivity index (χ0n) is 54.1. The second-order valence-corrected chi connectivity index (χ2v) is 23.4. The molecule has 0 bridgehead atoms. The summed E-state index contributed by atoms with van der Waals surface area (Å²) >= 11 is 0. The first kappa shape index (κ1) is 78.7. The molecule has 0 radical (unpaired) electrons. The zero-order chi connectivity index (χ0) is 60.5. The van der Waals surface area contributed by atoms with Crippen molar-refractivity contribution in [2.24, 2.45) is 0 Å². The summed E-state index contributed by atoms with van der Waals surface area (Å²) in [5, 5.41) is 9.73. The fourth-order valence-electron chi connectivity index (χ4n) is 9.13. The molecule has 2 atom stereocenters. The predicted molar refractivity (Wildman–Crippen MR) is 354 cm³/mol. The van der Waals surface area contributed by atoms with E-state index in [1.54, 1.807) is 0 Å². The lowest BCUT2D eigenvalue weighted by Crippen LogP contribution is -2.40. The Bertz CT molecular complexity index is 1780. The van der Waals surface area contributed by atoms with E-state index in [-0.39, 0.29) is 38.6 Å². The van der Waals surface area contributed by atoms with Crippen molar-refractivity contribution in [1.29, 1.82) is 0 Å². The summed E-state index contributed by atoms with van der Waals surface area (Å²) in [6.45, 7) is 4.62. The minimum Gasteiger partial charge on any atom is -0.477 e. The highest BCUT2D eigenvalue weighted by Crippen LogP contribution is 2.17. The lowest BCUT2D eigenvalue weighted by Gasteiger charge is -2.25. The summed E-state index contributed by atoms with van der Waals surface area (Å²) in [5.41, 5.74) is 0. The van der Waals surface area contributed by atoms with E-state index >= 15 is 0 Å². The van der Waals surface area contributed by atoms with E-state index < -0.39 is 24.3 Å². The molecule has 0 amide bonds. The third-order valence-corrected chi connectivity index (χ3v) is 14.2.